The molecule has 0 bridgehead atoms. The molecule has 0 amide bonds. The molecule has 1 heterocycles. The Balaban J connectivity index is 2.28. The molecule has 1 rings (SSSR count). The minimum atomic E-state index is -1.44. The van der Waals surface area contributed by atoms with E-state index in [0.717, 1.165) is 0 Å². The van der Waals surface area contributed by atoms with Crippen molar-refractivity contribution in [1.29, 1.82) is 0 Å². The molecule has 0 aromatic rings. The van der Waals surface area contributed by atoms with Crippen molar-refractivity contribution in [2.24, 2.45) is 0 Å². The quantitative estimate of drug-likeness (QED) is 0.287. The van der Waals surface area contributed by atoms with Crippen LogP contribution in [0.1, 0.15) is 12.8 Å². The zero-order valence-electron chi connectivity index (χ0n) is 12.6. The molecule has 128 valence electrons. The topological polar surface area (TPSA) is 120 Å². The lowest BCUT2D eigenvalue weighted by molar-refractivity contribution is -0.301. The van der Waals surface area contributed by atoms with Gasteiger partial charge in [-0.2, -0.15) is 0 Å². The predicted molar refractivity (Wildman–Crippen MR) is 80.7 cm³/mol. The van der Waals surface area contributed by atoms with Gasteiger partial charge in [-0.1, -0.05) is 17.9 Å². The van der Waals surface area contributed by atoms with Crippen LogP contribution in [0.25, 0.3) is 0 Å². The molecule has 0 aromatic carbocycles. The molecular weight excluding hydrogens is 304 g/mol. The summed E-state index contributed by atoms with van der Waals surface area (Å²) in [5.41, 5.74) is 0. The fourth-order valence-corrected chi connectivity index (χ4v) is 1.86. The van der Waals surface area contributed by atoms with Crippen LogP contribution in [0.4, 0.5) is 0 Å². The smallest absolute Gasteiger partial charge is 0.186 e. The van der Waals surface area contributed by atoms with Gasteiger partial charge in [-0.25, -0.2) is 0 Å². The van der Waals surface area contributed by atoms with Crippen LogP contribution >= 0.6 is 0 Å². The molecule has 0 spiro atoms. The van der Waals surface area contributed by atoms with E-state index in [-0.39, 0.29) is 13.2 Å². The average molecular weight is 326 g/mol. The second kappa shape index (κ2) is 11.2. The van der Waals surface area contributed by atoms with E-state index in [1.807, 2.05) is 0 Å². The van der Waals surface area contributed by atoms with Gasteiger partial charge in [-0.3, -0.25) is 0 Å². The summed E-state index contributed by atoms with van der Waals surface area (Å²) < 4.78 is 10.5. The Bertz CT molecular complexity index is 480. The van der Waals surface area contributed by atoms with Crippen LogP contribution in [-0.2, 0) is 9.47 Å². The van der Waals surface area contributed by atoms with Crippen molar-refractivity contribution in [2.75, 3.05) is 19.8 Å². The molecule has 0 aromatic heterocycles. The van der Waals surface area contributed by atoms with Gasteiger partial charge in [-0.05, 0) is 24.3 Å². The Morgan fingerprint density at radius 3 is 2.52 bits per heavy atom. The highest BCUT2D eigenvalue weighted by molar-refractivity contribution is 5.30. The van der Waals surface area contributed by atoms with Gasteiger partial charge in [0.15, 0.2) is 6.29 Å². The van der Waals surface area contributed by atoms with Crippen LogP contribution in [0, 0.1) is 23.7 Å². The Kier molecular flexibility index (Phi) is 9.53. The average Bonchev–Trinajstić information content (AvgIpc) is 2.56. The molecule has 1 fully saturated rings. The third kappa shape index (κ3) is 6.69. The maximum absolute atomic E-state index is 9.75. The van der Waals surface area contributed by atoms with Gasteiger partial charge in [0.05, 0.1) is 19.8 Å². The molecule has 5 atom stereocenters. The van der Waals surface area contributed by atoms with E-state index in [2.05, 4.69) is 23.7 Å². The second-order valence-corrected chi connectivity index (χ2v) is 4.83. The van der Waals surface area contributed by atoms with Crippen molar-refractivity contribution in [3.8, 4) is 23.7 Å². The van der Waals surface area contributed by atoms with Gasteiger partial charge in [0.1, 0.15) is 24.4 Å². The van der Waals surface area contributed by atoms with Crippen LogP contribution < -0.4 is 0 Å². The molecule has 5 N–H and O–H groups in total. The number of ether oxygens (including phenoxy) is 2. The van der Waals surface area contributed by atoms with Crippen molar-refractivity contribution in [3.63, 3.8) is 0 Å². The monoisotopic (exact) mass is 326 g/mol. The van der Waals surface area contributed by atoms with Gasteiger partial charge in [0.2, 0.25) is 0 Å². The summed E-state index contributed by atoms with van der Waals surface area (Å²) in [5, 5.41) is 46.5. The number of aliphatic hydroxyl groups excluding tert-OH is 5. The molecule has 1 aliphatic heterocycles. The summed E-state index contributed by atoms with van der Waals surface area (Å²) in [7, 11) is 0. The van der Waals surface area contributed by atoms with E-state index in [0.29, 0.717) is 12.8 Å². The molecular formula is C16H22O7. The fourth-order valence-electron chi connectivity index (χ4n) is 1.86. The lowest BCUT2D eigenvalue weighted by atomic mass is 9.99. The van der Waals surface area contributed by atoms with Crippen LogP contribution in [0.2, 0.25) is 0 Å². The summed E-state index contributed by atoms with van der Waals surface area (Å²) >= 11 is 0. The molecule has 0 saturated carbocycles. The Hall–Kier alpha value is -1.42. The van der Waals surface area contributed by atoms with Crippen LogP contribution in [0.15, 0.2) is 12.2 Å². The first-order valence-electron chi connectivity index (χ1n) is 7.28. The fraction of sp³-hybridized carbons (Fsp3) is 0.625. The van der Waals surface area contributed by atoms with Crippen LogP contribution in [-0.4, -0.2) is 76.1 Å². The number of aliphatic hydroxyl groups is 5. The van der Waals surface area contributed by atoms with E-state index in [1.165, 1.54) is 12.2 Å². The first kappa shape index (κ1) is 19.6. The third-order valence-electron chi connectivity index (χ3n) is 3.11. The molecule has 7 nitrogen and oxygen atoms in total. The van der Waals surface area contributed by atoms with Gasteiger partial charge in [0, 0.05) is 6.42 Å². The first-order valence-corrected chi connectivity index (χ1v) is 7.28. The second-order valence-electron chi connectivity index (χ2n) is 4.83. The first-order chi connectivity index (χ1) is 11.1. The standard InChI is InChI=1S/C16H22O7/c17-9-7-5-3-1-2-4-6-8-10-22-16-15(21)14(20)13(19)12(11-18)23-16/h5,7,12-21H,6,8-11H2/b7-5+/t12-,13-,14+,15-,16-/m0/s1. The molecule has 0 aliphatic carbocycles. The van der Waals surface area contributed by atoms with Gasteiger partial charge >= 0.3 is 0 Å². The van der Waals surface area contributed by atoms with Crippen molar-refractivity contribution >= 4 is 0 Å². The summed E-state index contributed by atoms with van der Waals surface area (Å²) in [6, 6.07) is 0. The summed E-state index contributed by atoms with van der Waals surface area (Å²) in [4.78, 5) is 0. The maximum atomic E-state index is 9.75. The van der Waals surface area contributed by atoms with Crippen molar-refractivity contribution in [1.82, 2.24) is 0 Å². The summed E-state index contributed by atoms with van der Waals surface area (Å²) in [5.74, 6) is 10.7. The maximum Gasteiger partial charge on any atom is 0.186 e. The van der Waals surface area contributed by atoms with Crippen LogP contribution in [0.5, 0.6) is 0 Å². The minimum Gasteiger partial charge on any atom is -0.394 e. The number of hydrogen-bond acceptors (Lipinski definition) is 7. The number of rotatable bonds is 6. The number of hydrogen-bond donors (Lipinski definition) is 5. The highest BCUT2D eigenvalue weighted by Gasteiger charge is 2.43. The zero-order chi connectivity index (χ0) is 17.1. The van der Waals surface area contributed by atoms with E-state index >= 15 is 0 Å². The highest BCUT2D eigenvalue weighted by Crippen LogP contribution is 2.21. The lowest BCUT2D eigenvalue weighted by Gasteiger charge is -2.39. The van der Waals surface area contributed by atoms with Crippen molar-refractivity contribution in [2.45, 2.75) is 43.5 Å². The third-order valence-corrected chi connectivity index (χ3v) is 3.11. The SMILES string of the molecule is OC/C=C/C#CC#CCCCO[C@H]1O[C@@H](CO)[C@H](O)[C@@H](O)[C@@H]1O. The Morgan fingerprint density at radius 1 is 1.04 bits per heavy atom. The van der Waals surface area contributed by atoms with Crippen molar-refractivity contribution in [3.05, 3.63) is 12.2 Å². The molecule has 7 heteroatoms. The molecule has 1 saturated heterocycles. The van der Waals surface area contributed by atoms with E-state index < -0.39 is 37.3 Å². The lowest BCUT2D eigenvalue weighted by Crippen LogP contribution is -2.59. The summed E-state index contributed by atoms with van der Waals surface area (Å²) in [6.45, 7) is -0.313. The Labute approximate surface area is 135 Å². The predicted octanol–water partition coefficient (Wildman–Crippen LogP) is -1.86. The number of unbranched alkanes of at least 4 members (excludes halogenated alkanes) is 1. The van der Waals surface area contributed by atoms with Crippen molar-refractivity contribution < 1.29 is 35.0 Å². The largest absolute Gasteiger partial charge is 0.394 e. The highest BCUT2D eigenvalue weighted by atomic mass is 16.7. The minimum absolute atomic E-state index is 0.0581. The van der Waals surface area contributed by atoms with Crippen LogP contribution in [0.3, 0.4) is 0 Å². The molecule has 0 unspecified atom stereocenters. The van der Waals surface area contributed by atoms with Gasteiger partial charge in [0.25, 0.3) is 0 Å². The zero-order valence-corrected chi connectivity index (χ0v) is 12.6. The van der Waals surface area contributed by atoms with Gasteiger partial charge < -0.3 is 35.0 Å². The van der Waals surface area contributed by atoms with E-state index in [4.69, 9.17) is 19.7 Å². The van der Waals surface area contributed by atoms with E-state index in [9.17, 15) is 15.3 Å². The normalized spacial score (nSPS) is 30.4. The number of allylic oxidation sites excluding steroid dienone is 1. The molecule has 23 heavy (non-hydrogen) atoms. The molecule has 1 aliphatic rings. The summed E-state index contributed by atoms with van der Waals surface area (Å²) in [6.07, 6.45) is -2.19. The van der Waals surface area contributed by atoms with E-state index in [1.54, 1.807) is 0 Å². The Morgan fingerprint density at radius 2 is 1.83 bits per heavy atom. The van der Waals surface area contributed by atoms with Gasteiger partial charge in [-0.15, -0.1) is 0 Å². The molecule has 0 radical (unpaired) electrons.